The van der Waals surface area contributed by atoms with Crippen LogP contribution in [0.5, 0.6) is 0 Å². The molecule has 4 aliphatic rings. The molecule has 14 heteroatoms. The molecule has 4 amide bonds. The van der Waals surface area contributed by atoms with Crippen molar-refractivity contribution in [3.05, 3.63) is 52.2 Å². The molecule has 1 saturated carbocycles. The van der Waals surface area contributed by atoms with E-state index in [0.717, 1.165) is 11.1 Å². The van der Waals surface area contributed by atoms with Gasteiger partial charge in [-0.1, -0.05) is 23.7 Å². The van der Waals surface area contributed by atoms with Crippen LogP contribution < -0.4 is 10.6 Å². The maximum atomic E-state index is 14.0. The molecule has 3 heterocycles. The standard InChI is InChI=1S/C32H39ClN4O9/c1-31(2,3)46-29(42)34-24-18-44-12-7-5-4-6-10-20-14-32(20,28(40)41)35-26(38)25-13-21(16-37(25)27(24)39)45-30(43)36-15-19-9-8-11-23(33)22(19)17-36/h4,8-11,20-21,24-25H,5,7,12-18H2,1-3H3,(H,34,42)(H,35,38)(H,40,41)/t6?,20-,21-,24+,25+,32-/m1/s1. The first-order valence-electron chi connectivity index (χ1n) is 15.3. The van der Waals surface area contributed by atoms with Crippen molar-refractivity contribution in [2.75, 3.05) is 19.8 Å². The Labute approximate surface area is 271 Å². The monoisotopic (exact) mass is 658 g/mol. The lowest BCUT2D eigenvalue weighted by Gasteiger charge is -2.30. The first-order chi connectivity index (χ1) is 21.8. The van der Waals surface area contributed by atoms with Crippen LogP contribution in [0.15, 0.2) is 36.1 Å². The summed E-state index contributed by atoms with van der Waals surface area (Å²) >= 11 is 6.31. The van der Waals surface area contributed by atoms with Crippen LogP contribution in [-0.2, 0) is 41.7 Å². The Bertz CT molecular complexity index is 1470. The largest absolute Gasteiger partial charge is 0.479 e. The second kappa shape index (κ2) is 13.4. The van der Waals surface area contributed by atoms with Gasteiger partial charge in [0.1, 0.15) is 29.3 Å². The van der Waals surface area contributed by atoms with Gasteiger partial charge in [0.2, 0.25) is 11.8 Å². The topological polar surface area (TPSA) is 164 Å². The van der Waals surface area contributed by atoms with E-state index in [4.69, 9.17) is 25.8 Å². The molecule has 1 saturated heterocycles. The predicted octanol–water partition coefficient (Wildman–Crippen LogP) is 3.14. The van der Waals surface area contributed by atoms with E-state index in [9.17, 15) is 29.1 Å². The maximum absolute atomic E-state index is 14.0. The number of hydrogen-bond acceptors (Lipinski definition) is 8. The minimum atomic E-state index is -1.55. The number of nitrogens with zero attached hydrogens (tertiary/aromatic N) is 2. The molecule has 13 nitrogen and oxygen atoms in total. The molecule has 1 aliphatic carbocycles. The number of alkyl carbamates (subject to hydrolysis) is 1. The highest BCUT2D eigenvalue weighted by molar-refractivity contribution is 6.31. The summed E-state index contributed by atoms with van der Waals surface area (Å²) in [5.74, 6) is -3.06. The van der Waals surface area contributed by atoms with Crippen LogP contribution in [0.1, 0.15) is 57.6 Å². The van der Waals surface area contributed by atoms with Crippen molar-refractivity contribution >= 4 is 41.6 Å². The Morgan fingerprint density at radius 2 is 2.00 bits per heavy atom. The molecule has 1 aromatic rings. The molecule has 0 radical (unpaired) electrons. The number of aliphatic carboxylic acids is 1. The Morgan fingerprint density at radius 3 is 2.72 bits per heavy atom. The minimum absolute atomic E-state index is 0.0824. The van der Waals surface area contributed by atoms with Crippen LogP contribution in [0.2, 0.25) is 5.02 Å². The normalized spacial score (nSPS) is 28.1. The van der Waals surface area contributed by atoms with Gasteiger partial charge in [-0.3, -0.25) is 14.5 Å². The fourth-order valence-electron chi connectivity index (χ4n) is 5.92. The average molecular weight is 659 g/mol. The average Bonchev–Trinajstić information content (AvgIpc) is 3.28. The van der Waals surface area contributed by atoms with Crippen molar-refractivity contribution in [1.29, 1.82) is 0 Å². The summed E-state index contributed by atoms with van der Waals surface area (Å²) in [6.45, 7) is 5.48. The van der Waals surface area contributed by atoms with E-state index in [0.29, 0.717) is 17.9 Å². The van der Waals surface area contributed by atoms with E-state index < -0.39 is 65.2 Å². The number of carboxylic acid groups (broad SMARTS) is 1. The van der Waals surface area contributed by atoms with E-state index in [1.165, 1.54) is 9.80 Å². The number of fused-ring (bicyclic) bond motifs is 3. The van der Waals surface area contributed by atoms with Gasteiger partial charge in [0.15, 0.2) is 0 Å². The fraction of sp³-hybridized carbons (Fsp3) is 0.562. The first-order valence-corrected chi connectivity index (χ1v) is 15.7. The molecule has 46 heavy (non-hydrogen) atoms. The van der Waals surface area contributed by atoms with Gasteiger partial charge in [0, 0.05) is 30.5 Å². The van der Waals surface area contributed by atoms with Gasteiger partial charge in [0.25, 0.3) is 0 Å². The maximum Gasteiger partial charge on any atom is 0.410 e. The molecule has 0 bridgehead atoms. The molecular weight excluding hydrogens is 620 g/mol. The molecule has 5 atom stereocenters. The predicted molar refractivity (Wildman–Crippen MR) is 164 cm³/mol. The SMILES string of the molecule is CC(C)(C)OC(=O)N[C@H]1COCCCC=C=C[C@@H]2C[C@@]2(C(=O)O)NC(=O)[C@@H]2C[C@@H](OC(=O)N3Cc4cccc(Cl)c4C3)CN2C1=O. The summed E-state index contributed by atoms with van der Waals surface area (Å²) in [4.78, 5) is 68.7. The van der Waals surface area contributed by atoms with E-state index in [2.05, 4.69) is 16.4 Å². The third-order valence-corrected chi connectivity index (χ3v) is 8.72. The molecular formula is C32H39ClN4O9. The quantitative estimate of drug-likeness (QED) is 0.414. The molecule has 0 spiro atoms. The van der Waals surface area contributed by atoms with Crippen molar-refractivity contribution in [2.24, 2.45) is 5.92 Å². The highest BCUT2D eigenvalue weighted by Crippen LogP contribution is 2.45. The van der Waals surface area contributed by atoms with E-state index >= 15 is 0 Å². The number of carbonyl (C=O) groups excluding carboxylic acids is 4. The second-order valence-corrected chi connectivity index (χ2v) is 13.4. The summed E-state index contributed by atoms with van der Waals surface area (Å²) in [6.07, 6.45) is 2.27. The molecule has 3 N–H and O–H groups in total. The third kappa shape index (κ3) is 7.49. The zero-order chi connectivity index (χ0) is 33.2. The third-order valence-electron chi connectivity index (χ3n) is 8.37. The zero-order valence-electron chi connectivity index (χ0n) is 26.0. The Hall–Kier alpha value is -4.06. The second-order valence-electron chi connectivity index (χ2n) is 13.0. The lowest BCUT2D eigenvalue weighted by atomic mass is 10.1. The van der Waals surface area contributed by atoms with Crippen LogP contribution in [-0.4, -0.2) is 94.0 Å². The van der Waals surface area contributed by atoms with E-state index in [1.807, 2.05) is 6.07 Å². The van der Waals surface area contributed by atoms with Gasteiger partial charge >= 0.3 is 18.2 Å². The van der Waals surface area contributed by atoms with Crippen molar-refractivity contribution in [2.45, 2.75) is 88.9 Å². The summed E-state index contributed by atoms with van der Waals surface area (Å²) in [5, 5.41) is 15.8. The van der Waals surface area contributed by atoms with Crippen LogP contribution in [0.4, 0.5) is 9.59 Å². The molecule has 3 aliphatic heterocycles. The van der Waals surface area contributed by atoms with Crippen LogP contribution in [0, 0.1) is 5.92 Å². The Morgan fingerprint density at radius 1 is 1.22 bits per heavy atom. The molecule has 2 fully saturated rings. The van der Waals surface area contributed by atoms with Crippen molar-refractivity contribution < 1.29 is 43.3 Å². The number of amides is 4. The van der Waals surface area contributed by atoms with Crippen molar-refractivity contribution in [3.8, 4) is 0 Å². The highest BCUT2D eigenvalue weighted by atomic mass is 35.5. The Balaban J connectivity index is 1.38. The molecule has 248 valence electrons. The number of carbonyl (C=O) groups is 5. The molecule has 5 rings (SSSR count). The summed E-state index contributed by atoms with van der Waals surface area (Å²) in [6, 6.07) is 2.99. The van der Waals surface area contributed by atoms with Crippen molar-refractivity contribution in [1.82, 2.24) is 20.4 Å². The number of hydrogen-bond donors (Lipinski definition) is 3. The number of ether oxygens (including phenoxy) is 3. The van der Waals surface area contributed by atoms with Gasteiger partial charge in [0.05, 0.1) is 19.7 Å². The smallest absolute Gasteiger partial charge is 0.410 e. The molecule has 1 aromatic carbocycles. The van der Waals surface area contributed by atoms with E-state index in [1.54, 1.807) is 45.1 Å². The van der Waals surface area contributed by atoms with Gasteiger partial charge in [-0.05, 0) is 69.4 Å². The Kier molecular flexibility index (Phi) is 9.67. The van der Waals surface area contributed by atoms with Gasteiger partial charge < -0.3 is 34.9 Å². The number of benzene rings is 1. The molecule has 0 unspecified atom stereocenters. The zero-order valence-corrected chi connectivity index (χ0v) is 26.8. The number of rotatable bonds is 3. The first kappa shape index (κ1) is 33.3. The van der Waals surface area contributed by atoms with Crippen LogP contribution >= 0.6 is 11.6 Å². The van der Waals surface area contributed by atoms with Gasteiger partial charge in [-0.25, -0.2) is 14.4 Å². The lowest BCUT2D eigenvalue weighted by Crippen LogP contribution is -2.57. The molecule has 0 aromatic heterocycles. The number of carboxylic acids is 1. The highest BCUT2D eigenvalue weighted by Gasteiger charge is 2.61. The number of nitrogens with one attached hydrogen (secondary N) is 2. The summed E-state index contributed by atoms with van der Waals surface area (Å²) < 4.78 is 16.9. The van der Waals surface area contributed by atoms with Crippen molar-refractivity contribution in [3.63, 3.8) is 0 Å². The lowest BCUT2D eigenvalue weighted by molar-refractivity contribution is -0.146. The number of halogens is 1. The van der Waals surface area contributed by atoms with Gasteiger partial charge in [-0.15, -0.1) is 5.73 Å². The van der Waals surface area contributed by atoms with E-state index in [-0.39, 0.29) is 45.7 Å². The van der Waals surface area contributed by atoms with Crippen LogP contribution in [0.3, 0.4) is 0 Å². The minimum Gasteiger partial charge on any atom is -0.479 e. The fourth-order valence-corrected chi connectivity index (χ4v) is 6.17. The van der Waals surface area contributed by atoms with Crippen LogP contribution in [0.25, 0.3) is 0 Å². The summed E-state index contributed by atoms with van der Waals surface area (Å²) in [7, 11) is 0. The summed E-state index contributed by atoms with van der Waals surface area (Å²) in [5.41, 5.74) is 2.33. The van der Waals surface area contributed by atoms with Gasteiger partial charge in [-0.2, -0.15) is 0 Å².